The third-order valence-electron chi connectivity index (χ3n) is 3.92. The number of nitriles is 2. The van der Waals surface area contributed by atoms with Gasteiger partial charge in [0.2, 0.25) is 0 Å². The maximum atomic E-state index is 12.1. The monoisotopic (exact) mass is 242 g/mol. The Morgan fingerprint density at radius 1 is 1.61 bits per heavy atom. The van der Waals surface area contributed by atoms with Crippen LogP contribution < -0.4 is 0 Å². The summed E-state index contributed by atoms with van der Waals surface area (Å²) in [7, 11) is 0. The molecule has 0 N–H and O–H groups in total. The van der Waals surface area contributed by atoms with E-state index in [4.69, 9.17) is 0 Å². The molecule has 1 atom stereocenters. The van der Waals surface area contributed by atoms with Gasteiger partial charge in [0, 0.05) is 0 Å². The molecule has 3 heteroatoms. The molecule has 0 amide bonds. The zero-order valence-corrected chi connectivity index (χ0v) is 11.0. The normalized spacial score (nSPS) is 23.4. The fourth-order valence-corrected chi connectivity index (χ4v) is 2.68. The van der Waals surface area contributed by atoms with Crippen LogP contribution in [0.4, 0.5) is 0 Å². The average molecular weight is 242 g/mol. The lowest BCUT2D eigenvalue weighted by molar-refractivity contribution is -0.122. The minimum atomic E-state index is -1.19. The summed E-state index contributed by atoms with van der Waals surface area (Å²) < 4.78 is 0. The molecular weight excluding hydrogens is 224 g/mol. The van der Waals surface area contributed by atoms with E-state index < -0.39 is 10.8 Å². The second-order valence-electron chi connectivity index (χ2n) is 4.89. The summed E-state index contributed by atoms with van der Waals surface area (Å²) in [5, 5.41) is 18.7. The molecule has 94 valence electrons. The molecular formula is C15H18N2O. The molecule has 0 radical (unpaired) electrons. The van der Waals surface area contributed by atoms with Crippen LogP contribution in [0, 0.1) is 33.5 Å². The van der Waals surface area contributed by atoms with Gasteiger partial charge in [-0.3, -0.25) is 4.79 Å². The fraction of sp³-hybridized carbons (Fsp3) is 0.533. The first-order chi connectivity index (χ1) is 8.50. The summed E-state index contributed by atoms with van der Waals surface area (Å²) in [6.45, 7) is 7.16. The highest BCUT2D eigenvalue weighted by Crippen LogP contribution is 2.48. The van der Waals surface area contributed by atoms with E-state index in [1.165, 1.54) is 6.08 Å². The fourth-order valence-electron chi connectivity index (χ4n) is 2.68. The molecule has 18 heavy (non-hydrogen) atoms. The lowest BCUT2D eigenvalue weighted by Gasteiger charge is -2.38. The number of carbonyl (C=O) groups is 1. The van der Waals surface area contributed by atoms with Crippen molar-refractivity contribution in [3.8, 4) is 12.1 Å². The lowest BCUT2D eigenvalue weighted by atomic mass is 9.61. The highest BCUT2D eigenvalue weighted by atomic mass is 16.1. The molecule has 0 fully saturated rings. The summed E-state index contributed by atoms with van der Waals surface area (Å²) in [6.07, 6.45) is 5.99. The van der Waals surface area contributed by atoms with Crippen LogP contribution in [-0.4, -0.2) is 5.78 Å². The maximum Gasteiger partial charge on any atom is 0.165 e. The maximum absolute atomic E-state index is 12.1. The molecule has 3 nitrogen and oxygen atoms in total. The molecule has 0 aromatic carbocycles. The minimum absolute atomic E-state index is 0.100. The summed E-state index contributed by atoms with van der Waals surface area (Å²) in [5.74, 6) is -0.100. The molecule has 1 rings (SSSR count). The smallest absolute Gasteiger partial charge is 0.165 e. The predicted octanol–water partition coefficient (Wildman–Crippen LogP) is 3.30. The van der Waals surface area contributed by atoms with E-state index in [0.29, 0.717) is 18.4 Å². The number of hydrogen-bond donors (Lipinski definition) is 0. The Labute approximate surface area is 108 Å². The lowest BCUT2D eigenvalue weighted by Crippen LogP contribution is -2.38. The van der Waals surface area contributed by atoms with Crippen molar-refractivity contribution in [1.82, 2.24) is 0 Å². The van der Waals surface area contributed by atoms with Crippen molar-refractivity contribution in [2.24, 2.45) is 10.8 Å². The van der Waals surface area contributed by atoms with Crippen LogP contribution >= 0.6 is 0 Å². The molecule has 0 unspecified atom stereocenters. The minimum Gasteiger partial charge on any atom is -0.294 e. The zero-order chi connectivity index (χ0) is 13.8. The second kappa shape index (κ2) is 5.19. The van der Waals surface area contributed by atoms with Crippen LogP contribution in [0.15, 0.2) is 24.3 Å². The Hall–Kier alpha value is -1.87. The van der Waals surface area contributed by atoms with Crippen molar-refractivity contribution in [1.29, 1.82) is 10.5 Å². The quantitative estimate of drug-likeness (QED) is 0.561. The molecule has 0 aliphatic heterocycles. The number of ketones is 1. The average Bonchev–Trinajstić information content (AvgIpc) is 2.42. The van der Waals surface area contributed by atoms with Gasteiger partial charge in [-0.1, -0.05) is 19.6 Å². The van der Waals surface area contributed by atoms with Crippen molar-refractivity contribution < 1.29 is 4.79 Å². The van der Waals surface area contributed by atoms with Gasteiger partial charge in [0.25, 0.3) is 0 Å². The molecule has 0 saturated heterocycles. The molecule has 0 spiro atoms. The van der Waals surface area contributed by atoms with E-state index in [-0.39, 0.29) is 5.78 Å². The van der Waals surface area contributed by atoms with Gasteiger partial charge in [-0.2, -0.15) is 10.5 Å². The van der Waals surface area contributed by atoms with Crippen molar-refractivity contribution in [3.63, 3.8) is 0 Å². The van der Waals surface area contributed by atoms with E-state index in [1.54, 1.807) is 6.92 Å². The van der Waals surface area contributed by atoms with E-state index in [0.717, 1.165) is 12.8 Å². The summed E-state index contributed by atoms with van der Waals surface area (Å²) in [6, 6.07) is 4.21. The third kappa shape index (κ3) is 1.97. The first-order valence-corrected chi connectivity index (χ1v) is 6.21. The van der Waals surface area contributed by atoms with Gasteiger partial charge in [-0.05, 0) is 44.3 Å². The Bertz CT molecular complexity index is 462. The van der Waals surface area contributed by atoms with Gasteiger partial charge in [0.05, 0.1) is 17.6 Å². The van der Waals surface area contributed by atoms with Crippen molar-refractivity contribution in [2.75, 3.05) is 0 Å². The van der Waals surface area contributed by atoms with Crippen LogP contribution in [-0.2, 0) is 4.79 Å². The van der Waals surface area contributed by atoms with Crippen LogP contribution in [0.3, 0.4) is 0 Å². The molecule has 0 bridgehead atoms. The van der Waals surface area contributed by atoms with Crippen LogP contribution in [0.2, 0.25) is 0 Å². The topological polar surface area (TPSA) is 64.7 Å². The first kappa shape index (κ1) is 14.2. The Morgan fingerprint density at radius 3 is 2.67 bits per heavy atom. The van der Waals surface area contributed by atoms with Crippen molar-refractivity contribution in [2.45, 2.75) is 39.5 Å². The van der Waals surface area contributed by atoms with E-state index >= 15 is 0 Å². The Balaban J connectivity index is 3.40. The van der Waals surface area contributed by atoms with Gasteiger partial charge in [0.15, 0.2) is 11.2 Å². The highest BCUT2D eigenvalue weighted by Gasteiger charge is 2.47. The number of allylic oxidation sites excluding steroid dienone is 3. The van der Waals surface area contributed by atoms with Gasteiger partial charge >= 0.3 is 0 Å². The van der Waals surface area contributed by atoms with Crippen LogP contribution in [0.1, 0.15) is 39.5 Å². The summed E-state index contributed by atoms with van der Waals surface area (Å²) in [4.78, 5) is 12.1. The third-order valence-corrected chi connectivity index (χ3v) is 3.92. The molecule has 0 aromatic rings. The number of nitrogens with zero attached hydrogens (tertiary/aromatic N) is 2. The zero-order valence-electron chi connectivity index (χ0n) is 11.0. The van der Waals surface area contributed by atoms with Crippen molar-refractivity contribution in [3.05, 3.63) is 24.3 Å². The second-order valence-corrected chi connectivity index (χ2v) is 4.89. The Morgan fingerprint density at radius 2 is 2.22 bits per heavy atom. The summed E-state index contributed by atoms with van der Waals surface area (Å²) >= 11 is 0. The predicted molar refractivity (Wildman–Crippen MR) is 69.2 cm³/mol. The van der Waals surface area contributed by atoms with Gasteiger partial charge in [-0.25, -0.2) is 0 Å². The largest absolute Gasteiger partial charge is 0.294 e. The molecule has 0 aromatic heterocycles. The van der Waals surface area contributed by atoms with E-state index in [1.807, 2.05) is 13.0 Å². The first-order valence-electron chi connectivity index (χ1n) is 6.21. The van der Waals surface area contributed by atoms with Crippen molar-refractivity contribution >= 4 is 5.78 Å². The SMILES string of the molecule is C=CC(=O)[C@@]1(C)CCCC=C1C(C#N)(C#N)CC. The molecule has 0 saturated carbocycles. The van der Waals surface area contributed by atoms with Gasteiger partial charge in [0.1, 0.15) is 0 Å². The number of carbonyl (C=O) groups excluding carboxylic acids is 1. The highest BCUT2D eigenvalue weighted by molar-refractivity contribution is 5.97. The van der Waals surface area contributed by atoms with Crippen LogP contribution in [0.25, 0.3) is 0 Å². The molecule has 1 aliphatic rings. The standard InChI is InChI=1S/C15H18N2O/c1-4-13(18)14(3)9-7-6-8-12(14)15(5-2,10-16)11-17/h4,8H,1,5-7,9H2,2-3H3/t14-/m0/s1. The van der Waals surface area contributed by atoms with Crippen LogP contribution in [0.5, 0.6) is 0 Å². The van der Waals surface area contributed by atoms with Gasteiger partial charge in [-0.15, -0.1) is 0 Å². The van der Waals surface area contributed by atoms with E-state index in [9.17, 15) is 15.3 Å². The number of hydrogen-bond acceptors (Lipinski definition) is 3. The number of rotatable bonds is 4. The van der Waals surface area contributed by atoms with Gasteiger partial charge < -0.3 is 0 Å². The molecule has 1 aliphatic carbocycles. The summed E-state index contributed by atoms with van der Waals surface area (Å²) in [5.41, 5.74) is -1.27. The Kier molecular flexibility index (Phi) is 4.09. The van der Waals surface area contributed by atoms with E-state index in [2.05, 4.69) is 18.7 Å². The molecule has 0 heterocycles.